The van der Waals surface area contributed by atoms with Crippen LogP contribution in [-0.4, -0.2) is 85.3 Å². The molecular weight excluding hydrogens is 604 g/mol. The number of nitrogens with zero attached hydrogens (tertiary/aromatic N) is 7. The molecule has 1 aliphatic heterocycles. The number of anilines is 2. The minimum atomic E-state index is -0.653. The lowest BCUT2D eigenvalue weighted by Crippen LogP contribution is -2.46. The first-order valence-corrected chi connectivity index (χ1v) is 16.2. The van der Waals surface area contributed by atoms with E-state index in [0.29, 0.717) is 29.3 Å². The first kappa shape index (κ1) is 34.1. The summed E-state index contributed by atoms with van der Waals surface area (Å²) >= 11 is 0. The van der Waals surface area contributed by atoms with E-state index in [9.17, 15) is 9.18 Å². The summed E-state index contributed by atoms with van der Waals surface area (Å²) in [6, 6.07) is 6.88. The van der Waals surface area contributed by atoms with E-state index >= 15 is 4.39 Å². The number of piperazine rings is 1. The van der Waals surface area contributed by atoms with E-state index in [1.165, 1.54) is 6.07 Å². The molecule has 1 amide bonds. The number of carbonyl (C=O) groups excluding carboxylic acids is 1. The zero-order chi connectivity index (χ0) is 33.7. The zero-order valence-electron chi connectivity index (χ0n) is 28.1. The van der Waals surface area contributed by atoms with Gasteiger partial charge in [0.1, 0.15) is 28.5 Å². The van der Waals surface area contributed by atoms with Crippen LogP contribution in [0, 0.1) is 18.6 Å². The molecule has 13 heteroatoms. The molecule has 0 aliphatic carbocycles. The van der Waals surface area contributed by atoms with Crippen molar-refractivity contribution in [3.8, 4) is 11.3 Å². The molecule has 47 heavy (non-hydrogen) atoms. The number of carbonyl (C=O) groups is 1. The van der Waals surface area contributed by atoms with Crippen LogP contribution >= 0.6 is 0 Å². The number of unbranched alkanes of at least 4 members (excludes halogenated alkanes) is 1. The summed E-state index contributed by atoms with van der Waals surface area (Å²) in [5.41, 5.74) is 1.73. The van der Waals surface area contributed by atoms with Crippen LogP contribution in [-0.2, 0) is 11.3 Å². The van der Waals surface area contributed by atoms with Gasteiger partial charge in [0.15, 0.2) is 11.6 Å². The number of hydrogen-bond acceptors (Lipinski definition) is 9. The molecule has 1 aromatic carbocycles. The molecule has 2 N–H and O–H groups in total. The Labute approximate surface area is 274 Å². The summed E-state index contributed by atoms with van der Waals surface area (Å²) in [5, 5.41) is 5.86. The number of fused-ring (bicyclic) bond motifs is 1. The molecule has 4 heterocycles. The Kier molecular flexibility index (Phi) is 10.7. The summed E-state index contributed by atoms with van der Waals surface area (Å²) in [5.74, 6) is 0.183. The van der Waals surface area contributed by atoms with Crippen molar-refractivity contribution in [2.75, 3.05) is 44.6 Å². The number of amides is 1. The second-order valence-corrected chi connectivity index (χ2v) is 13.3. The van der Waals surface area contributed by atoms with Crippen LogP contribution in [0.2, 0.25) is 0 Å². The highest BCUT2D eigenvalue weighted by molar-refractivity contribution is 5.83. The molecule has 0 saturated carbocycles. The third-order valence-electron chi connectivity index (χ3n) is 7.96. The third kappa shape index (κ3) is 8.98. The van der Waals surface area contributed by atoms with Crippen molar-refractivity contribution in [3.05, 3.63) is 59.7 Å². The van der Waals surface area contributed by atoms with Gasteiger partial charge in [0.05, 0.1) is 11.7 Å². The fraction of sp³-hybridized carbons (Fsp3) is 0.500. The van der Waals surface area contributed by atoms with Crippen molar-refractivity contribution in [1.29, 1.82) is 0 Å². The molecule has 0 spiro atoms. The van der Waals surface area contributed by atoms with Crippen LogP contribution in [0.3, 0.4) is 0 Å². The quantitative estimate of drug-likeness (QED) is 0.183. The summed E-state index contributed by atoms with van der Waals surface area (Å²) < 4.78 is 37.1. The minimum absolute atomic E-state index is 0.00862. The van der Waals surface area contributed by atoms with E-state index in [4.69, 9.17) is 4.74 Å². The minimum Gasteiger partial charge on any atom is -0.444 e. The monoisotopic (exact) mass is 649 g/mol. The Hall–Kier alpha value is -4.23. The lowest BCUT2D eigenvalue weighted by molar-refractivity contribution is 0.0526. The average molecular weight is 650 g/mol. The van der Waals surface area contributed by atoms with E-state index < -0.39 is 17.2 Å². The number of nitrogens with one attached hydrogen (secondary N) is 2. The zero-order valence-corrected chi connectivity index (χ0v) is 28.1. The van der Waals surface area contributed by atoms with Crippen molar-refractivity contribution >= 4 is 28.9 Å². The molecule has 3 aromatic heterocycles. The van der Waals surface area contributed by atoms with E-state index in [2.05, 4.69) is 40.4 Å². The molecule has 1 fully saturated rings. The Morgan fingerprint density at radius 3 is 2.40 bits per heavy atom. The van der Waals surface area contributed by atoms with Crippen LogP contribution in [0.4, 0.5) is 25.3 Å². The topological polar surface area (TPSA) is 113 Å². The van der Waals surface area contributed by atoms with E-state index in [-0.39, 0.29) is 29.3 Å². The van der Waals surface area contributed by atoms with Gasteiger partial charge in [0, 0.05) is 57.1 Å². The standard InChI is InChI=1S/C34H45F2N9O2/c1-22(2)45-23(3)40-31-26(35)17-25(18-28(31)45)30-27(36)20-39-32(42-30)41-29-10-9-24(19-38-29)21-44-15-13-43(14-16-44)12-8-7-11-37-33(46)47-34(4,5)6/h9-10,17-20,22H,7-8,11-16,21H2,1-6H3,(H,37,46)(H,38,39,41,42). The molecule has 4 aromatic rings. The number of alkyl carbamates (subject to hydrolysis) is 1. The van der Waals surface area contributed by atoms with Gasteiger partial charge in [0.2, 0.25) is 5.95 Å². The van der Waals surface area contributed by atoms with Gasteiger partial charge >= 0.3 is 6.09 Å². The van der Waals surface area contributed by atoms with E-state index in [0.717, 1.165) is 63.9 Å². The summed E-state index contributed by atoms with van der Waals surface area (Å²) in [6.45, 7) is 17.7. The Morgan fingerprint density at radius 2 is 1.72 bits per heavy atom. The van der Waals surface area contributed by atoms with Crippen molar-refractivity contribution in [2.45, 2.75) is 72.6 Å². The van der Waals surface area contributed by atoms with Gasteiger partial charge in [0.25, 0.3) is 0 Å². The lowest BCUT2D eigenvalue weighted by Gasteiger charge is -2.34. The highest BCUT2D eigenvalue weighted by Gasteiger charge is 2.20. The largest absolute Gasteiger partial charge is 0.444 e. The normalized spacial score (nSPS) is 14.6. The van der Waals surface area contributed by atoms with Crippen LogP contribution in [0.15, 0.2) is 36.7 Å². The molecule has 1 saturated heterocycles. The molecular formula is C34H45F2N9O2. The van der Waals surface area contributed by atoms with Gasteiger partial charge < -0.3 is 24.8 Å². The number of ether oxygens (including phenoxy) is 1. The molecule has 11 nitrogen and oxygen atoms in total. The first-order valence-electron chi connectivity index (χ1n) is 16.2. The van der Waals surface area contributed by atoms with Crippen molar-refractivity contribution in [1.82, 2.24) is 39.6 Å². The van der Waals surface area contributed by atoms with Crippen molar-refractivity contribution in [2.24, 2.45) is 0 Å². The molecule has 1 aliphatic rings. The van der Waals surface area contributed by atoms with E-state index in [1.54, 1.807) is 6.07 Å². The molecule has 252 valence electrons. The number of aryl methyl sites for hydroxylation is 1. The average Bonchev–Trinajstić information content (AvgIpc) is 3.35. The highest BCUT2D eigenvalue weighted by atomic mass is 19.1. The molecule has 0 unspecified atom stereocenters. The fourth-order valence-corrected chi connectivity index (χ4v) is 5.79. The van der Waals surface area contributed by atoms with Gasteiger partial charge in [-0.15, -0.1) is 0 Å². The Morgan fingerprint density at radius 1 is 0.979 bits per heavy atom. The van der Waals surface area contributed by atoms with Gasteiger partial charge in [-0.1, -0.05) is 6.07 Å². The number of halogens is 2. The second-order valence-electron chi connectivity index (χ2n) is 13.3. The number of rotatable bonds is 11. The maximum atomic E-state index is 15.0. The predicted octanol–water partition coefficient (Wildman–Crippen LogP) is 6.22. The number of imidazole rings is 1. The number of hydrogen-bond donors (Lipinski definition) is 2. The number of aromatic nitrogens is 5. The van der Waals surface area contributed by atoms with Crippen LogP contribution in [0.5, 0.6) is 0 Å². The van der Waals surface area contributed by atoms with Crippen LogP contribution in [0.25, 0.3) is 22.3 Å². The Bertz CT molecular complexity index is 1680. The SMILES string of the molecule is Cc1nc2c(F)cc(-c3nc(Nc4ccc(CN5CCN(CCCCNC(=O)OC(C)(C)C)CC5)cn4)ncc3F)cc2n1C(C)C. The van der Waals surface area contributed by atoms with Crippen molar-refractivity contribution < 1.29 is 18.3 Å². The smallest absolute Gasteiger partial charge is 0.407 e. The van der Waals surface area contributed by atoms with Crippen LogP contribution < -0.4 is 10.6 Å². The van der Waals surface area contributed by atoms with E-state index in [1.807, 2.05) is 64.4 Å². The number of pyridine rings is 1. The van der Waals surface area contributed by atoms with Gasteiger partial charge in [-0.2, -0.15) is 0 Å². The number of benzene rings is 1. The summed E-state index contributed by atoms with van der Waals surface area (Å²) in [7, 11) is 0. The highest BCUT2D eigenvalue weighted by Crippen LogP contribution is 2.30. The fourth-order valence-electron chi connectivity index (χ4n) is 5.79. The lowest BCUT2D eigenvalue weighted by atomic mass is 10.1. The summed E-state index contributed by atoms with van der Waals surface area (Å²) in [4.78, 5) is 34.0. The van der Waals surface area contributed by atoms with Crippen LogP contribution in [0.1, 0.15) is 64.9 Å². The van der Waals surface area contributed by atoms with Gasteiger partial charge in [-0.05, 0) is 84.7 Å². The van der Waals surface area contributed by atoms with Gasteiger partial charge in [-0.3, -0.25) is 4.90 Å². The molecule has 5 rings (SSSR count). The maximum absolute atomic E-state index is 15.0. The van der Waals surface area contributed by atoms with Crippen molar-refractivity contribution in [3.63, 3.8) is 0 Å². The molecule has 0 bridgehead atoms. The predicted molar refractivity (Wildman–Crippen MR) is 179 cm³/mol. The molecule has 0 atom stereocenters. The maximum Gasteiger partial charge on any atom is 0.407 e. The van der Waals surface area contributed by atoms with Gasteiger partial charge in [-0.25, -0.2) is 33.5 Å². The first-order chi connectivity index (χ1) is 22.4. The molecule has 0 radical (unpaired) electrons. The summed E-state index contributed by atoms with van der Waals surface area (Å²) in [6.07, 6.45) is 4.45. The Balaban J connectivity index is 1.11. The second kappa shape index (κ2) is 14.7. The third-order valence-corrected chi connectivity index (χ3v) is 7.96.